The van der Waals surface area contributed by atoms with Gasteiger partial charge in [-0.3, -0.25) is 0 Å². The van der Waals surface area contributed by atoms with Gasteiger partial charge in [-0.1, -0.05) is 0 Å². The van der Waals surface area contributed by atoms with E-state index in [4.69, 9.17) is 10.0 Å². The Hall–Kier alpha value is -1.01. The smallest absolute Gasteiger partial charge is 0.423 e. The van der Waals surface area contributed by atoms with Gasteiger partial charge in [0.15, 0.2) is 0 Å². The van der Waals surface area contributed by atoms with Crippen LogP contribution in [0.3, 0.4) is 0 Å². The van der Waals surface area contributed by atoms with Crippen molar-refractivity contribution in [3.63, 3.8) is 0 Å². The molecule has 0 fully saturated rings. The summed E-state index contributed by atoms with van der Waals surface area (Å²) in [6, 6.07) is 0.410. The lowest BCUT2D eigenvalue weighted by Gasteiger charge is -2.06. The second-order valence-electron chi connectivity index (χ2n) is 2.57. The van der Waals surface area contributed by atoms with E-state index in [-0.39, 0.29) is 0 Å². The first-order valence-electron chi connectivity index (χ1n) is 3.45. The van der Waals surface area contributed by atoms with Crippen molar-refractivity contribution < 1.29 is 23.2 Å². The van der Waals surface area contributed by atoms with E-state index in [0.717, 1.165) is 6.92 Å². The molecular formula is C7H6BF3O2. The van der Waals surface area contributed by atoms with Crippen LogP contribution in [0, 0.1) is 24.4 Å². The Labute approximate surface area is 72.8 Å². The zero-order valence-electron chi connectivity index (χ0n) is 6.68. The van der Waals surface area contributed by atoms with Gasteiger partial charge in [0.1, 0.15) is 17.5 Å². The molecule has 0 heterocycles. The van der Waals surface area contributed by atoms with Crippen molar-refractivity contribution in [3.05, 3.63) is 29.1 Å². The second-order valence-corrected chi connectivity index (χ2v) is 2.57. The third kappa shape index (κ3) is 1.68. The molecular weight excluding hydrogens is 184 g/mol. The van der Waals surface area contributed by atoms with E-state index in [1.165, 1.54) is 0 Å². The van der Waals surface area contributed by atoms with E-state index in [2.05, 4.69) is 0 Å². The third-order valence-electron chi connectivity index (χ3n) is 1.69. The van der Waals surface area contributed by atoms with Gasteiger partial charge in [0.05, 0.1) is 5.46 Å². The lowest BCUT2D eigenvalue weighted by atomic mass is 9.78. The predicted octanol–water partition coefficient (Wildman–Crippen LogP) is 0.0921. The van der Waals surface area contributed by atoms with E-state index in [9.17, 15) is 13.2 Å². The highest BCUT2D eigenvalue weighted by Gasteiger charge is 2.24. The molecule has 0 atom stereocenters. The SMILES string of the molecule is Cc1c(F)cc(F)c(B(O)O)c1F. The molecule has 70 valence electrons. The quantitative estimate of drug-likeness (QED) is 0.616. The maximum absolute atomic E-state index is 13.0. The van der Waals surface area contributed by atoms with Crippen LogP contribution in [0.4, 0.5) is 13.2 Å². The molecule has 0 saturated heterocycles. The average Bonchev–Trinajstić information content (AvgIpc) is 1.99. The van der Waals surface area contributed by atoms with Crippen molar-refractivity contribution in [2.45, 2.75) is 6.92 Å². The predicted molar refractivity (Wildman–Crippen MR) is 40.9 cm³/mol. The van der Waals surface area contributed by atoms with Gasteiger partial charge in [0.25, 0.3) is 0 Å². The van der Waals surface area contributed by atoms with Crippen LogP contribution in [0.2, 0.25) is 0 Å². The summed E-state index contributed by atoms with van der Waals surface area (Å²) in [7, 11) is -2.28. The highest BCUT2D eigenvalue weighted by atomic mass is 19.1. The summed E-state index contributed by atoms with van der Waals surface area (Å²) in [4.78, 5) is 0. The largest absolute Gasteiger partial charge is 0.494 e. The molecule has 0 aliphatic carbocycles. The number of hydrogen-bond acceptors (Lipinski definition) is 2. The van der Waals surface area contributed by atoms with Gasteiger partial charge >= 0.3 is 7.12 Å². The minimum absolute atomic E-state index is 0.410. The maximum Gasteiger partial charge on any atom is 0.494 e. The molecule has 0 aliphatic heterocycles. The lowest BCUT2D eigenvalue weighted by Crippen LogP contribution is -2.36. The van der Waals surface area contributed by atoms with Gasteiger partial charge in [-0.05, 0) is 6.92 Å². The number of benzene rings is 1. The molecule has 13 heavy (non-hydrogen) atoms. The average molecular weight is 190 g/mol. The van der Waals surface area contributed by atoms with Crippen LogP contribution in [0.1, 0.15) is 5.56 Å². The fraction of sp³-hybridized carbons (Fsp3) is 0.143. The maximum atomic E-state index is 13.0. The van der Waals surface area contributed by atoms with Crippen LogP contribution in [-0.2, 0) is 0 Å². The summed E-state index contributed by atoms with van der Waals surface area (Å²) in [6.07, 6.45) is 0. The molecule has 0 radical (unpaired) electrons. The van der Waals surface area contributed by atoms with Crippen LogP contribution in [0.15, 0.2) is 6.07 Å². The van der Waals surface area contributed by atoms with Crippen molar-refractivity contribution in [1.29, 1.82) is 0 Å². The minimum Gasteiger partial charge on any atom is -0.423 e. The Kier molecular flexibility index (Phi) is 2.63. The van der Waals surface area contributed by atoms with E-state index in [0.29, 0.717) is 6.07 Å². The molecule has 0 unspecified atom stereocenters. The first-order chi connectivity index (χ1) is 5.95. The molecule has 2 N–H and O–H groups in total. The molecule has 6 heteroatoms. The van der Waals surface area contributed by atoms with E-state index in [1.807, 2.05) is 0 Å². The molecule has 0 saturated carbocycles. The lowest BCUT2D eigenvalue weighted by molar-refractivity contribution is 0.418. The summed E-state index contributed by atoms with van der Waals surface area (Å²) < 4.78 is 38.4. The molecule has 1 aromatic rings. The van der Waals surface area contributed by atoms with Gasteiger partial charge in [-0.25, -0.2) is 13.2 Å². The highest BCUT2D eigenvalue weighted by Crippen LogP contribution is 2.11. The molecule has 2 nitrogen and oxygen atoms in total. The van der Waals surface area contributed by atoms with Crippen molar-refractivity contribution >= 4 is 12.6 Å². The zero-order valence-corrected chi connectivity index (χ0v) is 6.68. The normalized spacial score (nSPS) is 10.3. The summed E-state index contributed by atoms with van der Waals surface area (Å²) in [5, 5.41) is 17.1. The molecule has 1 rings (SSSR count). The molecule has 0 aliphatic rings. The van der Waals surface area contributed by atoms with Crippen LogP contribution in [0.5, 0.6) is 0 Å². The summed E-state index contributed by atoms with van der Waals surface area (Å²) in [5.74, 6) is -3.64. The Morgan fingerprint density at radius 3 is 2.15 bits per heavy atom. The monoisotopic (exact) mass is 190 g/mol. The van der Waals surface area contributed by atoms with Gasteiger partial charge in [-0.2, -0.15) is 0 Å². The highest BCUT2D eigenvalue weighted by molar-refractivity contribution is 6.58. The Morgan fingerprint density at radius 1 is 1.15 bits per heavy atom. The van der Waals surface area contributed by atoms with Gasteiger partial charge < -0.3 is 10.0 Å². The topological polar surface area (TPSA) is 40.5 Å². The third-order valence-corrected chi connectivity index (χ3v) is 1.69. The fourth-order valence-corrected chi connectivity index (χ4v) is 0.946. The first-order valence-corrected chi connectivity index (χ1v) is 3.45. The van der Waals surface area contributed by atoms with Crippen LogP contribution >= 0.6 is 0 Å². The molecule has 0 bridgehead atoms. The summed E-state index contributed by atoms with van der Waals surface area (Å²) >= 11 is 0. The molecule has 0 spiro atoms. The number of halogens is 3. The minimum atomic E-state index is -2.28. The van der Waals surface area contributed by atoms with Crippen LogP contribution < -0.4 is 5.46 Å². The van der Waals surface area contributed by atoms with Crippen molar-refractivity contribution in [2.75, 3.05) is 0 Å². The second kappa shape index (κ2) is 3.39. The van der Waals surface area contributed by atoms with Crippen molar-refractivity contribution in [3.8, 4) is 0 Å². The molecule has 0 aromatic heterocycles. The Bertz CT molecular complexity index is 341. The number of hydrogen-bond donors (Lipinski definition) is 2. The van der Waals surface area contributed by atoms with Gasteiger partial charge in [0, 0.05) is 11.6 Å². The molecule has 1 aromatic carbocycles. The standard InChI is InChI=1S/C7H6BF3O2/c1-3-4(9)2-5(10)6(7(3)11)8(12)13/h2,12-13H,1H3. The zero-order chi connectivity index (χ0) is 10.2. The van der Waals surface area contributed by atoms with Crippen molar-refractivity contribution in [1.82, 2.24) is 0 Å². The van der Waals surface area contributed by atoms with Crippen molar-refractivity contribution in [2.24, 2.45) is 0 Å². The Morgan fingerprint density at radius 2 is 1.69 bits per heavy atom. The summed E-state index contributed by atoms with van der Waals surface area (Å²) in [5.41, 5.74) is -1.37. The van der Waals surface area contributed by atoms with Gasteiger partial charge in [0.2, 0.25) is 0 Å². The van der Waals surface area contributed by atoms with E-state index >= 15 is 0 Å². The van der Waals surface area contributed by atoms with Crippen LogP contribution in [0.25, 0.3) is 0 Å². The number of rotatable bonds is 1. The first kappa shape index (κ1) is 10.1. The van der Waals surface area contributed by atoms with E-state index in [1.54, 1.807) is 0 Å². The molecule has 0 amide bonds. The van der Waals surface area contributed by atoms with Gasteiger partial charge in [-0.15, -0.1) is 0 Å². The fourth-order valence-electron chi connectivity index (χ4n) is 0.946. The van der Waals surface area contributed by atoms with E-state index < -0.39 is 35.6 Å². The Balaban J connectivity index is 3.44. The van der Waals surface area contributed by atoms with Crippen LogP contribution in [-0.4, -0.2) is 17.2 Å². The summed E-state index contributed by atoms with van der Waals surface area (Å²) in [6.45, 7) is 1.08.